The minimum absolute atomic E-state index is 0.115. The summed E-state index contributed by atoms with van der Waals surface area (Å²) in [5.74, 6) is 0.792. The van der Waals surface area contributed by atoms with E-state index in [1.54, 1.807) is 13.3 Å². The van der Waals surface area contributed by atoms with Gasteiger partial charge in [0.2, 0.25) is 0 Å². The molecule has 2 heterocycles. The molecule has 0 saturated carbocycles. The second-order valence-electron chi connectivity index (χ2n) is 7.46. The third kappa shape index (κ3) is 5.60. The lowest BCUT2D eigenvalue weighted by atomic mass is 10.2. The van der Waals surface area contributed by atoms with Gasteiger partial charge in [0.05, 0.1) is 24.7 Å². The topological polar surface area (TPSA) is 60.9 Å². The smallest absolute Gasteiger partial charge is 0.269 e. The number of anilines is 2. The number of carbonyl (C=O) groups is 1. The van der Waals surface area contributed by atoms with Gasteiger partial charge in [0.1, 0.15) is 11.4 Å². The quantitative estimate of drug-likeness (QED) is 0.689. The molecule has 1 aromatic heterocycles. The Hall–Kier alpha value is -2.80. The maximum absolute atomic E-state index is 12.2. The molecule has 7 nitrogen and oxygen atoms in total. The normalized spacial score (nSPS) is 14.2. The van der Waals surface area contributed by atoms with Crippen molar-refractivity contribution in [1.29, 1.82) is 0 Å². The van der Waals surface area contributed by atoms with Gasteiger partial charge in [0, 0.05) is 32.7 Å². The molecule has 0 bridgehead atoms. The number of benzene rings is 1. The summed E-state index contributed by atoms with van der Waals surface area (Å²) in [6, 6.07) is 11.9. The second-order valence-corrected chi connectivity index (χ2v) is 7.46. The molecule has 0 atom stereocenters. The molecule has 1 aromatic carbocycles. The molecular formula is C22H31N5O2. The van der Waals surface area contributed by atoms with Crippen LogP contribution < -0.4 is 19.9 Å². The fourth-order valence-electron chi connectivity index (χ4n) is 3.49. The summed E-state index contributed by atoms with van der Waals surface area (Å²) in [6.07, 6.45) is 2.72. The SMILES string of the molecule is COc1ccccc1N1CCN(c2ccc(C(=O)NCCCN(C)C)nc2)CC1. The van der Waals surface area contributed by atoms with Gasteiger partial charge in [-0.05, 0) is 51.3 Å². The maximum atomic E-state index is 12.2. The van der Waals surface area contributed by atoms with Crippen LogP contribution in [0.1, 0.15) is 16.9 Å². The van der Waals surface area contributed by atoms with Gasteiger partial charge in [-0.3, -0.25) is 4.79 Å². The van der Waals surface area contributed by atoms with Crippen molar-refractivity contribution in [3.05, 3.63) is 48.3 Å². The number of hydrogen-bond donors (Lipinski definition) is 1. The fraction of sp³-hybridized carbons (Fsp3) is 0.455. The van der Waals surface area contributed by atoms with Gasteiger partial charge in [-0.2, -0.15) is 0 Å². The van der Waals surface area contributed by atoms with Crippen LogP contribution in [-0.4, -0.2) is 76.3 Å². The Balaban J connectivity index is 1.52. The molecule has 29 heavy (non-hydrogen) atoms. The predicted molar refractivity (Wildman–Crippen MR) is 117 cm³/mol. The molecule has 0 unspecified atom stereocenters. The molecule has 7 heteroatoms. The van der Waals surface area contributed by atoms with Crippen molar-refractivity contribution < 1.29 is 9.53 Å². The molecule has 0 aliphatic carbocycles. The van der Waals surface area contributed by atoms with Gasteiger partial charge in [-0.25, -0.2) is 4.98 Å². The summed E-state index contributed by atoms with van der Waals surface area (Å²) >= 11 is 0. The van der Waals surface area contributed by atoms with Crippen LogP contribution >= 0.6 is 0 Å². The first kappa shape index (κ1) is 20.9. The van der Waals surface area contributed by atoms with E-state index in [2.05, 4.69) is 31.1 Å². The summed E-state index contributed by atoms with van der Waals surface area (Å²) in [7, 11) is 5.76. The van der Waals surface area contributed by atoms with Crippen LogP contribution in [0.25, 0.3) is 0 Å². The van der Waals surface area contributed by atoms with Crippen molar-refractivity contribution in [3.8, 4) is 5.75 Å². The van der Waals surface area contributed by atoms with E-state index >= 15 is 0 Å². The number of hydrogen-bond acceptors (Lipinski definition) is 6. The van der Waals surface area contributed by atoms with Crippen LogP contribution in [0.2, 0.25) is 0 Å². The Morgan fingerprint density at radius 1 is 1.10 bits per heavy atom. The van der Waals surface area contributed by atoms with Crippen molar-refractivity contribution in [2.24, 2.45) is 0 Å². The number of para-hydroxylation sites is 2. The van der Waals surface area contributed by atoms with Gasteiger partial charge in [0.15, 0.2) is 0 Å². The number of amides is 1. The summed E-state index contributed by atoms with van der Waals surface area (Å²) in [5.41, 5.74) is 2.65. The van der Waals surface area contributed by atoms with Crippen LogP contribution in [-0.2, 0) is 0 Å². The summed E-state index contributed by atoms with van der Waals surface area (Å²) in [4.78, 5) is 23.3. The standard InChI is InChI=1S/C22H31N5O2/c1-25(2)12-6-11-23-22(28)19-10-9-18(17-24-19)26-13-15-27(16-14-26)20-7-4-5-8-21(20)29-3/h4-5,7-10,17H,6,11-16H2,1-3H3,(H,23,28). The Kier molecular flexibility index (Phi) is 7.30. The highest BCUT2D eigenvalue weighted by Crippen LogP contribution is 2.29. The largest absolute Gasteiger partial charge is 0.495 e. The molecular weight excluding hydrogens is 366 g/mol. The highest BCUT2D eigenvalue weighted by Gasteiger charge is 2.20. The Bertz CT molecular complexity index is 786. The zero-order chi connectivity index (χ0) is 20.6. The van der Waals surface area contributed by atoms with E-state index in [9.17, 15) is 4.79 Å². The second kappa shape index (κ2) is 10.1. The molecule has 3 rings (SSSR count). The Morgan fingerprint density at radius 2 is 1.83 bits per heavy atom. The van der Waals surface area contributed by atoms with Gasteiger partial charge in [-0.1, -0.05) is 12.1 Å². The highest BCUT2D eigenvalue weighted by molar-refractivity contribution is 5.92. The van der Waals surface area contributed by atoms with E-state index in [-0.39, 0.29) is 5.91 Å². The monoisotopic (exact) mass is 397 g/mol. The number of ether oxygens (including phenoxy) is 1. The molecule has 1 aliphatic heterocycles. The van der Waals surface area contributed by atoms with Crippen LogP contribution in [0.4, 0.5) is 11.4 Å². The van der Waals surface area contributed by atoms with Crippen LogP contribution in [0.5, 0.6) is 5.75 Å². The maximum Gasteiger partial charge on any atom is 0.269 e. The number of rotatable bonds is 8. The van der Waals surface area contributed by atoms with E-state index in [4.69, 9.17) is 4.74 Å². The Labute approximate surface area is 173 Å². The van der Waals surface area contributed by atoms with E-state index in [0.29, 0.717) is 12.2 Å². The third-order valence-electron chi connectivity index (χ3n) is 5.12. The molecule has 0 spiro atoms. The zero-order valence-electron chi connectivity index (χ0n) is 17.6. The van der Waals surface area contributed by atoms with Gasteiger partial charge >= 0.3 is 0 Å². The first-order valence-electron chi connectivity index (χ1n) is 10.1. The van der Waals surface area contributed by atoms with E-state index in [1.807, 2.05) is 44.4 Å². The molecule has 156 valence electrons. The average Bonchev–Trinajstić information content (AvgIpc) is 2.76. The molecule has 2 aromatic rings. The minimum atomic E-state index is -0.115. The van der Waals surface area contributed by atoms with Gasteiger partial charge < -0.3 is 24.8 Å². The van der Waals surface area contributed by atoms with Crippen LogP contribution in [0.15, 0.2) is 42.6 Å². The van der Waals surface area contributed by atoms with Crippen LogP contribution in [0, 0.1) is 0 Å². The first-order valence-corrected chi connectivity index (χ1v) is 10.1. The van der Waals surface area contributed by atoms with E-state index < -0.39 is 0 Å². The van der Waals surface area contributed by atoms with Crippen molar-refractivity contribution in [1.82, 2.24) is 15.2 Å². The third-order valence-corrected chi connectivity index (χ3v) is 5.12. The lowest BCUT2D eigenvalue weighted by Crippen LogP contribution is -2.46. The highest BCUT2D eigenvalue weighted by atomic mass is 16.5. The van der Waals surface area contributed by atoms with E-state index in [0.717, 1.165) is 56.3 Å². The summed E-state index contributed by atoms with van der Waals surface area (Å²) < 4.78 is 5.49. The van der Waals surface area contributed by atoms with Crippen molar-refractivity contribution in [2.75, 3.05) is 70.3 Å². The van der Waals surface area contributed by atoms with Gasteiger partial charge in [-0.15, -0.1) is 0 Å². The van der Waals surface area contributed by atoms with Crippen molar-refractivity contribution in [2.45, 2.75) is 6.42 Å². The number of carbonyl (C=O) groups excluding carboxylic acids is 1. The molecule has 1 N–H and O–H groups in total. The number of nitrogens with zero attached hydrogens (tertiary/aromatic N) is 4. The van der Waals surface area contributed by atoms with Gasteiger partial charge in [0.25, 0.3) is 5.91 Å². The summed E-state index contributed by atoms with van der Waals surface area (Å²) in [6.45, 7) is 5.23. The lowest BCUT2D eigenvalue weighted by molar-refractivity contribution is 0.0947. The van der Waals surface area contributed by atoms with Crippen LogP contribution in [0.3, 0.4) is 0 Å². The number of nitrogens with one attached hydrogen (secondary N) is 1. The number of pyridine rings is 1. The lowest BCUT2D eigenvalue weighted by Gasteiger charge is -2.37. The number of aromatic nitrogens is 1. The fourth-order valence-corrected chi connectivity index (χ4v) is 3.49. The first-order chi connectivity index (χ1) is 14.1. The molecule has 1 saturated heterocycles. The number of methoxy groups -OCH3 is 1. The molecule has 0 radical (unpaired) electrons. The van der Waals surface area contributed by atoms with Crippen molar-refractivity contribution >= 4 is 17.3 Å². The molecule has 1 aliphatic rings. The predicted octanol–water partition coefficient (Wildman–Crippen LogP) is 2.10. The minimum Gasteiger partial charge on any atom is -0.495 e. The molecule has 1 fully saturated rings. The van der Waals surface area contributed by atoms with Crippen molar-refractivity contribution in [3.63, 3.8) is 0 Å². The average molecular weight is 398 g/mol. The molecule has 1 amide bonds. The number of piperazine rings is 1. The summed E-state index contributed by atoms with van der Waals surface area (Å²) in [5, 5.41) is 2.93. The van der Waals surface area contributed by atoms with E-state index in [1.165, 1.54) is 0 Å². The zero-order valence-corrected chi connectivity index (χ0v) is 17.6. The Morgan fingerprint density at radius 3 is 2.48 bits per heavy atom.